The molecule has 0 radical (unpaired) electrons. The second-order valence-corrected chi connectivity index (χ2v) is 4.43. The third kappa shape index (κ3) is 3.11. The van der Waals surface area contributed by atoms with Crippen molar-refractivity contribution in [2.75, 3.05) is 25.1 Å². The molecule has 1 aliphatic heterocycles. The Hall–Kier alpha value is -1.28. The minimum Gasteiger partial charge on any atom is -0.381 e. The number of nitrogens with one attached hydrogen (secondary N) is 1. The van der Waals surface area contributed by atoms with Gasteiger partial charge in [0.2, 0.25) is 0 Å². The molecule has 0 atom stereocenters. The average Bonchev–Trinajstić information content (AvgIpc) is 2.27. The summed E-state index contributed by atoms with van der Waals surface area (Å²) in [4.78, 5) is 0. The van der Waals surface area contributed by atoms with Crippen LogP contribution in [0.3, 0.4) is 0 Å². The molecule has 1 N–H and O–H groups in total. The lowest BCUT2D eigenvalue weighted by molar-refractivity contribution is 0.150. The van der Waals surface area contributed by atoms with E-state index in [0.29, 0.717) is 0 Å². The normalized spacial score (nSPS) is 15.8. The van der Waals surface area contributed by atoms with Gasteiger partial charge >= 0.3 is 0 Å². The highest BCUT2D eigenvalue weighted by Crippen LogP contribution is 2.15. The van der Waals surface area contributed by atoms with E-state index >= 15 is 0 Å². The van der Waals surface area contributed by atoms with Crippen LogP contribution in [-0.4, -0.2) is 19.8 Å². The first-order chi connectivity index (χ1) is 7.74. The molecule has 0 spiro atoms. The maximum Gasteiger partial charge on any atom is 0.0693 e. The fourth-order valence-corrected chi connectivity index (χ4v) is 2.02. The maximum absolute atomic E-state index is 5.41. The summed E-state index contributed by atoms with van der Waals surface area (Å²) in [7, 11) is 0. The Bertz CT molecular complexity index is 375. The molecule has 0 fully saturated rings. The third-order valence-corrected chi connectivity index (χ3v) is 2.72. The molecule has 1 heterocycles. The van der Waals surface area contributed by atoms with E-state index in [4.69, 9.17) is 4.74 Å². The summed E-state index contributed by atoms with van der Waals surface area (Å²) in [6.07, 6.45) is 3.32. The van der Waals surface area contributed by atoms with Crippen LogP contribution >= 0.6 is 0 Å². The van der Waals surface area contributed by atoms with Gasteiger partial charge in [-0.1, -0.05) is 12.1 Å². The van der Waals surface area contributed by atoms with E-state index in [1.54, 1.807) is 0 Å². The first kappa shape index (κ1) is 11.2. The van der Waals surface area contributed by atoms with Gasteiger partial charge in [0.05, 0.1) is 13.2 Å². The highest BCUT2D eigenvalue weighted by Gasteiger charge is 2.03. The highest BCUT2D eigenvalue weighted by atomic mass is 16.5. The van der Waals surface area contributed by atoms with Crippen LogP contribution in [0, 0.1) is 13.8 Å². The molecule has 0 amide bonds. The number of aryl methyl sites for hydroxylation is 2. The van der Waals surface area contributed by atoms with Crippen molar-refractivity contribution in [3.63, 3.8) is 0 Å². The number of hydrogen-bond acceptors (Lipinski definition) is 2. The van der Waals surface area contributed by atoms with Crippen LogP contribution in [0.25, 0.3) is 0 Å². The Kier molecular flexibility index (Phi) is 3.62. The quantitative estimate of drug-likeness (QED) is 0.786. The van der Waals surface area contributed by atoms with E-state index in [0.717, 1.165) is 26.2 Å². The molecule has 1 aromatic rings. The van der Waals surface area contributed by atoms with Crippen LogP contribution in [0.1, 0.15) is 17.5 Å². The van der Waals surface area contributed by atoms with Crippen molar-refractivity contribution < 1.29 is 4.74 Å². The van der Waals surface area contributed by atoms with E-state index in [2.05, 4.69) is 43.4 Å². The molecular formula is C14H19NO. The van der Waals surface area contributed by atoms with Gasteiger partial charge in [-0.3, -0.25) is 0 Å². The van der Waals surface area contributed by atoms with E-state index in [-0.39, 0.29) is 0 Å². The first-order valence-corrected chi connectivity index (χ1v) is 5.82. The summed E-state index contributed by atoms with van der Waals surface area (Å²) in [6.45, 7) is 6.79. The predicted octanol–water partition coefficient (Wildman–Crippen LogP) is 3.06. The van der Waals surface area contributed by atoms with E-state index < -0.39 is 0 Å². The Morgan fingerprint density at radius 3 is 2.56 bits per heavy atom. The number of ether oxygens (including phenoxy) is 1. The third-order valence-electron chi connectivity index (χ3n) is 2.72. The molecule has 0 aliphatic carbocycles. The van der Waals surface area contributed by atoms with Crippen molar-refractivity contribution >= 4 is 5.69 Å². The number of anilines is 1. The lowest BCUT2D eigenvalue weighted by atomic mass is 10.1. The molecule has 2 heteroatoms. The van der Waals surface area contributed by atoms with Crippen molar-refractivity contribution in [3.05, 3.63) is 41.0 Å². The second-order valence-electron chi connectivity index (χ2n) is 4.43. The molecule has 0 aromatic heterocycles. The van der Waals surface area contributed by atoms with E-state index in [1.165, 1.54) is 22.4 Å². The van der Waals surface area contributed by atoms with Gasteiger partial charge in [-0.25, -0.2) is 0 Å². The van der Waals surface area contributed by atoms with E-state index in [9.17, 15) is 0 Å². The van der Waals surface area contributed by atoms with Crippen molar-refractivity contribution in [3.8, 4) is 0 Å². The van der Waals surface area contributed by atoms with Gasteiger partial charge in [-0.05, 0) is 49.1 Å². The molecule has 2 rings (SSSR count). The van der Waals surface area contributed by atoms with Gasteiger partial charge in [0.25, 0.3) is 0 Å². The van der Waals surface area contributed by atoms with Gasteiger partial charge in [-0.2, -0.15) is 0 Å². The van der Waals surface area contributed by atoms with Crippen LogP contribution in [0.4, 0.5) is 5.69 Å². The standard InChI is InChI=1S/C14H19NO/c1-11-6-12(2)8-14(7-11)15-9-13-4-3-5-16-10-13/h4,6-8,15H,3,5,9-10H2,1-2H3. The Morgan fingerprint density at radius 1 is 1.19 bits per heavy atom. The summed E-state index contributed by atoms with van der Waals surface area (Å²) in [5, 5.41) is 3.45. The van der Waals surface area contributed by atoms with Crippen LogP contribution in [0.5, 0.6) is 0 Å². The Morgan fingerprint density at radius 2 is 1.94 bits per heavy atom. The number of benzene rings is 1. The monoisotopic (exact) mass is 217 g/mol. The summed E-state index contributed by atoms with van der Waals surface area (Å²) in [5.41, 5.74) is 5.15. The Labute approximate surface area is 97.3 Å². The molecule has 2 nitrogen and oxygen atoms in total. The molecular weight excluding hydrogens is 198 g/mol. The minimum absolute atomic E-state index is 0.776. The lowest BCUT2D eigenvalue weighted by Crippen LogP contribution is -2.14. The highest BCUT2D eigenvalue weighted by molar-refractivity contribution is 5.49. The topological polar surface area (TPSA) is 21.3 Å². The minimum atomic E-state index is 0.776. The largest absolute Gasteiger partial charge is 0.381 e. The molecule has 0 saturated heterocycles. The smallest absolute Gasteiger partial charge is 0.0693 e. The van der Waals surface area contributed by atoms with Crippen molar-refractivity contribution in [1.29, 1.82) is 0 Å². The van der Waals surface area contributed by atoms with Gasteiger partial charge < -0.3 is 10.1 Å². The molecule has 16 heavy (non-hydrogen) atoms. The van der Waals surface area contributed by atoms with Crippen LogP contribution < -0.4 is 5.32 Å². The molecule has 0 bridgehead atoms. The van der Waals surface area contributed by atoms with Gasteiger partial charge in [0, 0.05) is 12.2 Å². The SMILES string of the molecule is Cc1cc(C)cc(NCC2=CCCOC2)c1. The average molecular weight is 217 g/mol. The molecule has 0 saturated carbocycles. The van der Waals surface area contributed by atoms with Crippen molar-refractivity contribution in [2.24, 2.45) is 0 Å². The zero-order chi connectivity index (χ0) is 11.4. The van der Waals surface area contributed by atoms with Gasteiger partial charge in [0.15, 0.2) is 0 Å². The second kappa shape index (κ2) is 5.17. The molecule has 1 aliphatic rings. The summed E-state index contributed by atoms with van der Waals surface area (Å²) in [6, 6.07) is 6.54. The van der Waals surface area contributed by atoms with Crippen LogP contribution in [-0.2, 0) is 4.74 Å². The zero-order valence-electron chi connectivity index (χ0n) is 10.0. The molecule has 0 unspecified atom stereocenters. The lowest BCUT2D eigenvalue weighted by Gasteiger charge is -2.15. The predicted molar refractivity (Wildman–Crippen MR) is 67.9 cm³/mol. The fourth-order valence-electron chi connectivity index (χ4n) is 2.02. The number of hydrogen-bond donors (Lipinski definition) is 1. The Balaban J connectivity index is 1.96. The van der Waals surface area contributed by atoms with Crippen molar-refractivity contribution in [2.45, 2.75) is 20.3 Å². The van der Waals surface area contributed by atoms with Gasteiger partial charge in [0.1, 0.15) is 0 Å². The number of rotatable bonds is 3. The maximum atomic E-state index is 5.41. The van der Waals surface area contributed by atoms with Crippen LogP contribution in [0.2, 0.25) is 0 Å². The zero-order valence-corrected chi connectivity index (χ0v) is 10.0. The first-order valence-electron chi connectivity index (χ1n) is 5.82. The summed E-state index contributed by atoms with van der Waals surface area (Å²) in [5.74, 6) is 0. The van der Waals surface area contributed by atoms with Gasteiger partial charge in [-0.15, -0.1) is 0 Å². The van der Waals surface area contributed by atoms with E-state index in [1.807, 2.05) is 0 Å². The molecule has 86 valence electrons. The van der Waals surface area contributed by atoms with Crippen LogP contribution in [0.15, 0.2) is 29.8 Å². The van der Waals surface area contributed by atoms with Crippen molar-refractivity contribution in [1.82, 2.24) is 0 Å². The summed E-state index contributed by atoms with van der Waals surface area (Å²) < 4.78 is 5.41. The fraction of sp³-hybridized carbons (Fsp3) is 0.429. The molecule has 1 aromatic carbocycles. The summed E-state index contributed by atoms with van der Waals surface area (Å²) >= 11 is 0.